The molecule has 1 aromatic carbocycles. The van der Waals surface area contributed by atoms with Crippen LogP contribution in [0.25, 0.3) is 0 Å². The van der Waals surface area contributed by atoms with Crippen LogP contribution in [0.5, 0.6) is 0 Å². The lowest BCUT2D eigenvalue weighted by Crippen LogP contribution is -2.28. The van der Waals surface area contributed by atoms with Crippen molar-refractivity contribution >= 4 is 0 Å². The first-order valence-corrected chi connectivity index (χ1v) is 7.30. The van der Waals surface area contributed by atoms with E-state index in [2.05, 4.69) is 35.2 Å². The fourth-order valence-corrected chi connectivity index (χ4v) is 3.30. The molecule has 3 rings (SSSR count). The maximum Gasteiger partial charge on any atom is 0.0998 e. The maximum atomic E-state index is 6.00. The third kappa shape index (κ3) is 2.93. The van der Waals surface area contributed by atoms with E-state index in [-0.39, 0.29) is 0 Å². The molecule has 0 N–H and O–H groups in total. The van der Waals surface area contributed by atoms with Crippen LogP contribution in [0, 0.1) is 5.92 Å². The van der Waals surface area contributed by atoms with E-state index in [1.165, 1.54) is 37.7 Å². The summed E-state index contributed by atoms with van der Waals surface area (Å²) in [6, 6.07) is 10.7. The van der Waals surface area contributed by atoms with Gasteiger partial charge in [0.1, 0.15) is 0 Å². The Balaban J connectivity index is 1.52. The summed E-state index contributed by atoms with van der Waals surface area (Å²) in [5, 5.41) is 0. The minimum atomic E-state index is 0.494. The summed E-state index contributed by atoms with van der Waals surface area (Å²) in [6.07, 6.45) is 7.49. The van der Waals surface area contributed by atoms with Crippen molar-refractivity contribution in [2.45, 2.75) is 44.8 Å². The van der Waals surface area contributed by atoms with Gasteiger partial charge in [0.25, 0.3) is 0 Å². The standard InChI is InChI=1S/C16H23NO/c1-3-7-14(8-4-1)11-17-12-16(18-13-17)15-9-5-2-6-10-15/h1,3-4,7-8,15-16H,2,5-6,9-13H2. The highest BCUT2D eigenvalue weighted by Crippen LogP contribution is 2.30. The molecule has 1 saturated carbocycles. The van der Waals surface area contributed by atoms with Crippen molar-refractivity contribution in [1.29, 1.82) is 0 Å². The Morgan fingerprint density at radius 2 is 1.83 bits per heavy atom. The highest BCUT2D eigenvalue weighted by molar-refractivity contribution is 5.14. The van der Waals surface area contributed by atoms with Crippen LogP contribution in [0.1, 0.15) is 37.7 Å². The van der Waals surface area contributed by atoms with Crippen LogP contribution in [0.4, 0.5) is 0 Å². The predicted molar refractivity (Wildman–Crippen MR) is 73.2 cm³/mol. The van der Waals surface area contributed by atoms with Crippen LogP contribution in [-0.4, -0.2) is 24.3 Å². The first-order chi connectivity index (χ1) is 8.92. The lowest BCUT2D eigenvalue weighted by atomic mass is 9.85. The normalized spacial score (nSPS) is 26.6. The highest BCUT2D eigenvalue weighted by Gasteiger charge is 2.30. The monoisotopic (exact) mass is 245 g/mol. The van der Waals surface area contributed by atoms with E-state index in [4.69, 9.17) is 4.74 Å². The molecule has 2 heteroatoms. The fraction of sp³-hybridized carbons (Fsp3) is 0.625. The van der Waals surface area contributed by atoms with Crippen molar-refractivity contribution in [3.05, 3.63) is 35.9 Å². The van der Waals surface area contributed by atoms with Crippen LogP contribution in [-0.2, 0) is 11.3 Å². The van der Waals surface area contributed by atoms with Crippen LogP contribution >= 0.6 is 0 Å². The zero-order valence-electron chi connectivity index (χ0n) is 11.1. The molecular formula is C16H23NO. The van der Waals surface area contributed by atoms with E-state index in [1.807, 2.05) is 0 Å². The number of hydrogen-bond acceptors (Lipinski definition) is 2. The van der Waals surface area contributed by atoms with Gasteiger partial charge in [0.2, 0.25) is 0 Å². The molecule has 0 spiro atoms. The van der Waals surface area contributed by atoms with Crippen molar-refractivity contribution in [2.75, 3.05) is 13.3 Å². The third-order valence-electron chi connectivity index (χ3n) is 4.33. The topological polar surface area (TPSA) is 12.5 Å². The van der Waals surface area contributed by atoms with Gasteiger partial charge in [-0.25, -0.2) is 0 Å². The second kappa shape index (κ2) is 5.85. The van der Waals surface area contributed by atoms with Crippen molar-refractivity contribution in [3.63, 3.8) is 0 Å². The molecular weight excluding hydrogens is 222 g/mol. The zero-order chi connectivity index (χ0) is 12.2. The molecule has 2 fully saturated rings. The molecule has 1 aliphatic carbocycles. The number of hydrogen-bond donors (Lipinski definition) is 0. The van der Waals surface area contributed by atoms with Crippen molar-refractivity contribution < 1.29 is 4.74 Å². The number of ether oxygens (including phenoxy) is 1. The second-order valence-corrected chi connectivity index (χ2v) is 5.73. The molecule has 1 atom stereocenters. The van der Waals surface area contributed by atoms with E-state index in [9.17, 15) is 0 Å². The van der Waals surface area contributed by atoms with Crippen LogP contribution in [0.15, 0.2) is 30.3 Å². The summed E-state index contributed by atoms with van der Waals surface area (Å²) in [6.45, 7) is 2.97. The third-order valence-corrected chi connectivity index (χ3v) is 4.33. The highest BCUT2D eigenvalue weighted by atomic mass is 16.5. The van der Waals surface area contributed by atoms with Crippen molar-refractivity contribution in [3.8, 4) is 0 Å². The van der Waals surface area contributed by atoms with E-state index < -0.39 is 0 Å². The minimum Gasteiger partial charge on any atom is -0.361 e. The summed E-state index contributed by atoms with van der Waals surface area (Å²) in [7, 11) is 0. The van der Waals surface area contributed by atoms with Gasteiger partial charge in [-0.1, -0.05) is 49.6 Å². The Morgan fingerprint density at radius 3 is 2.61 bits per heavy atom. The molecule has 1 aliphatic heterocycles. The summed E-state index contributed by atoms with van der Waals surface area (Å²) < 4.78 is 6.00. The first-order valence-electron chi connectivity index (χ1n) is 7.30. The van der Waals surface area contributed by atoms with Gasteiger partial charge in [0, 0.05) is 13.1 Å². The predicted octanol–water partition coefficient (Wildman–Crippen LogP) is 3.43. The lowest BCUT2D eigenvalue weighted by Gasteiger charge is -2.26. The molecule has 2 aliphatic rings. The van der Waals surface area contributed by atoms with Gasteiger partial charge in [-0.05, 0) is 24.3 Å². The average molecular weight is 245 g/mol. The average Bonchev–Trinajstić information content (AvgIpc) is 2.89. The maximum absolute atomic E-state index is 6.00. The molecule has 18 heavy (non-hydrogen) atoms. The van der Waals surface area contributed by atoms with Gasteiger partial charge in [0.05, 0.1) is 12.8 Å². The van der Waals surface area contributed by atoms with E-state index in [1.54, 1.807) is 0 Å². The van der Waals surface area contributed by atoms with E-state index in [0.29, 0.717) is 6.10 Å². The summed E-state index contributed by atoms with van der Waals surface area (Å²) >= 11 is 0. The molecule has 0 radical (unpaired) electrons. The Hall–Kier alpha value is -0.860. The fourth-order valence-electron chi connectivity index (χ4n) is 3.30. The van der Waals surface area contributed by atoms with Crippen LogP contribution in [0.3, 0.4) is 0 Å². The first kappa shape index (κ1) is 12.2. The molecule has 0 amide bonds. The Labute approximate surface area is 110 Å². The number of rotatable bonds is 3. The van der Waals surface area contributed by atoms with Gasteiger partial charge in [-0.15, -0.1) is 0 Å². The SMILES string of the molecule is c1ccc(CN2COC(C3CCCCC3)C2)cc1. The molecule has 1 heterocycles. The molecule has 2 nitrogen and oxygen atoms in total. The summed E-state index contributed by atoms with van der Waals surface area (Å²) in [5.74, 6) is 0.819. The Kier molecular flexibility index (Phi) is 3.96. The smallest absolute Gasteiger partial charge is 0.0998 e. The van der Waals surface area contributed by atoms with Crippen molar-refractivity contribution in [1.82, 2.24) is 4.90 Å². The molecule has 1 unspecified atom stereocenters. The summed E-state index contributed by atoms with van der Waals surface area (Å²) in [4.78, 5) is 2.44. The van der Waals surface area contributed by atoms with E-state index in [0.717, 1.165) is 25.7 Å². The summed E-state index contributed by atoms with van der Waals surface area (Å²) in [5.41, 5.74) is 1.39. The van der Waals surface area contributed by atoms with Gasteiger partial charge in [-0.3, -0.25) is 4.90 Å². The number of benzene rings is 1. The molecule has 0 aromatic heterocycles. The largest absolute Gasteiger partial charge is 0.361 e. The Morgan fingerprint density at radius 1 is 1.06 bits per heavy atom. The van der Waals surface area contributed by atoms with Gasteiger partial charge in [-0.2, -0.15) is 0 Å². The zero-order valence-corrected chi connectivity index (χ0v) is 11.1. The molecule has 1 saturated heterocycles. The lowest BCUT2D eigenvalue weighted by molar-refractivity contribution is 0.0416. The molecule has 0 bridgehead atoms. The van der Waals surface area contributed by atoms with Crippen LogP contribution in [0.2, 0.25) is 0 Å². The molecule has 1 aromatic rings. The van der Waals surface area contributed by atoms with Gasteiger partial charge in [0.15, 0.2) is 0 Å². The number of nitrogens with zero attached hydrogens (tertiary/aromatic N) is 1. The quantitative estimate of drug-likeness (QED) is 0.809. The Bertz CT molecular complexity index is 359. The van der Waals surface area contributed by atoms with Gasteiger partial charge < -0.3 is 4.74 Å². The van der Waals surface area contributed by atoms with Crippen LogP contribution < -0.4 is 0 Å². The van der Waals surface area contributed by atoms with E-state index >= 15 is 0 Å². The van der Waals surface area contributed by atoms with Gasteiger partial charge >= 0.3 is 0 Å². The minimum absolute atomic E-state index is 0.494. The second-order valence-electron chi connectivity index (χ2n) is 5.73. The van der Waals surface area contributed by atoms with Crippen molar-refractivity contribution in [2.24, 2.45) is 5.92 Å². The molecule has 98 valence electrons.